The van der Waals surface area contributed by atoms with Gasteiger partial charge in [0.2, 0.25) is 5.91 Å². The van der Waals surface area contributed by atoms with Crippen LogP contribution < -0.4 is 10.6 Å². The van der Waals surface area contributed by atoms with E-state index in [0.29, 0.717) is 35.7 Å². The minimum absolute atomic E-state index is 0.0159. The summed E-state index contributed by atoms with van der Waals surface area (Å²) in [5, 5.41) is 16.7. The number of hydrogen-bond acceptors (Lipinski definition) is 5. The third-order valence-electron chi connectivity index (χ3n) is 16.4. The average molecular weight is 707 g/mol. The van der Waals surface area contributed by atoms with Crippen molar-refractivity contribution in [1.82, 2.24) is 10.6 Å². The number of carbonyl (C=O) groups excluding carboxylic acids is 1. The van der Waals surface area contributed by atoms with Crippen molar-refractivity contribution in [2.45, 2.75) is 137 Å². The molecule has 1 heterocycles. The van der Waals surface area contributed by atoms with Gasteiger partial charge in [-0.25, -0.2) is 13.2 Å². The fraction of sp³-hybridized carbons (Fsp3) is 0.762. The summed E-state index contributed by atoms with van der Waals surface area (Å²) in [4.78, 5) is 25.7. The predicted molar refractivity (Wildman–Crippen MR) is 199 cm³/mol. The Morgan fingerprint density at radius 3 is 2.20 bits per heavy atom. The van der Waals surface area contributed by atoms with Gasteiger partial charge < -0.3 is 15.7 Å². The molecule has 0 bridgehead atoms. The van der Waals surface area contributed by atoms with Crippen LogP contribution in [0.15, 0.2) is 30.3 Å². The number of carboxylic acid groups (broad SMARTS) is 1. The first-order valence-electron chi connectivity index (χ1n) is 19.7. The molecule has 0 aromatic heterocycles. The minimum Gasteiger partial charge on any atom is -0.478 e. The molecule has 1 aliphatic heterocycles. The third-order valence-corrected chi connectivity index (χ3v) is 18.1. The first kappa shape index (κ1) is 36.2. The van der Waals surface area contributed by atoms with E-state index in [4.69, 9.17) is 0 Å². The number of carboxylic acids is 1. The third kappa shape index (κ3) is 5.46. The van der Waals surface area contributed by atoms with Gasteiger partial charge in [0.05, 0.1) is 23.1 Å². The molecule has 50 heavy (non-hydrogen) atoms. The first-order chi connectivity index (χ1) is 23.4. The Balaban J connectivity index is 1.13. The van der Waals surface area contributed by atoms with Crippen LogP contribution in [0.4, 0.5) is 0 Å². The van der Waals surface area contributed by atoms with Gasteiger partial charge in [-0.05, 0) is 139 Å². The number of fused-ring (bicyclic) bond motifs is 7. The molecule has 8 heteroatoms. The number of rotatable bonds is 7. The van der Waals surface area contributed by atoms with Crippen molar-refractivity contribution in [2.24, 2.45) is 51.2 Å². The number of carbonyl (C=O) groups is 2. The number of benzene rings is 1. The van der Waals surface area contributed by atoms with Crippen LogP contribution in [0.3, 0.4) is 0 Å². The molecule has 7 nitrogen and oxygen atoms in total. The zero-order valence-corrected chi connectivity index (χ0v) is 32.4. The Labute approximate surface area is 301 Å². The molecule has 6 aliphatic rings. The van der Waals surface area contributed by atoms with Gasteiger partial charge in [-0.2, -0.15) is 0 Å². The molecule has 3 N–H and O–H groups in total. The molecule has 10 atom stereocenters. The van der Waals surface area contributed by atoms with Crippen LogP contribution in [0.5, 0.6) is 0 Å². The highest BCUT2D eigenvalue weighted by Crippen LogP contribution is 2.76. The van der Waals surface area contributed by atoms with Gasteiger partial charge in [0.1, 0.15) is 0 Å². The maximum absolute atomic E-state index is 14.2. The van der Waals surface area contributed by atoms with E-state index in [0.717, 1.165) is 37.7 Å². The van der Waals surface area contributed by atoms with Crippen molar-refractivity contribution in [3.8, 4) is 0 Å². The van der Waals surface area contributed by atoms with Gasteiger partial charge in [0.15, 0.2) is 9.84 Å². The fourth-order valence-corrected chi connectivity index (χ4v) is 15.4. The molecule has 7 rings (SSSR count). The van der Waals surface area contributed by atoms with Gasteiger partial charge in [-0.15, -0.1) is 0 Å². The normalized spacial score (nSPS) is 42.0. The maximum atomic E-state index is 14.2. The summed E-state index contributed by atoms with van der Waals surface area (Å²) in [6.45, 7) is 16.9. The molecule has 0 spiro atoms. The van der Waals surface area contributed by atoms with Crippen molar-refractivity contribution in [3.05, 3.63) is 41.5 Å². The van der Waals surface area contributed by atoms with Crippen LogP contribution in [0.2, 0.25) is 0 Å². The van der Waals surface area contributed by atoms with Gasteiger partial charge in [0.25, 0.3) is 0 Å². The molecule has 1 aromatic rings. The van der Waals surface area contributed by atoms with Crippen LogP contribution in [0, 0.1) is 51.2 Å². The van der Waals surface area contributed by atoms with E-state index in [1.165, 1.54) is 37.7 Å². The lowest BCUT2D eigenvalue weighted by Crippen LogP contribution is -2.68. The van der Waals surface area contributed by atoms with Crippen molar-refractivity contribution in [1.29, 1.82) is 0 Å². The number of nitrogens with one attached hydrogen (secondary N) is 2. The van der Waals surface area contributed by atoms with Gasteiger partial charge in [-0.1, -0.05) is 73.1 Å². The summed E-state index contributed by atoms with van der Waals surface area (Å²) >= 11 is 0. The fourth-order valence-electron chi connectivity index (χ4n) is 13.8. The van der Waals surface area contributed by atoms with Crippen LogP contribution in [0.1, 0.15) is 135 Å². The lowest BCUT2D eigenvalue weighted by Gasteiger charge is -2.72. The topological polar surface area (TPSA) is 113 Å². The van der Waals surface area contributed by atoms with E-state index in [2.05, 4.69) is 65.2 Å². The molecular formula is C42H62N2O5S. The molecule has 1 amide bonds. The number of aromatic carboxylic acids is 1. The van der Waals surface area contributed by atoms with E-state index >= 15 is 0 Å². The Bertz CT molecular complexity index is 1670. The Kier molecular flexibility index (Phi) is 8.81. The molecule has 0 radical (unpaired) electrons. The summed E-state index contributed by atoms with van der Waals surface area (Å²) in [6, 6.07) is 6.98. The smallest absolute Gasteiger partial charge is 0.335 e. The molecule has 1 saturated heterocycles. The van der Waals surface area contributed by atoms with Crippen molar-refractivity contribution < 1.29 is 23.1 Å². The second kappa shape index (κ2) is 12.2. The minimum atomic E-state index is -3.02. The predicted octanol–water partition coefficient (Wildman–Crippen LogP) is 7.90. The number of hydrogen-bond donors (Lipinski definition) is 3. The standard InChI is InChI=1S/C42H62N2O5S/c1-26(2)35(43-29-18-24-50(48,49)25-29)36(45)44-42-19-8-9-32(42)31-14-15-34-39(5)20-16-30(27-10-12-28(13-11-27)37(46)47)38(3,4)33(39)17-21-41(34,7)40(31,6)22-23-42/h10-13,16,26,29,31-35,43H,8-9,14-15,17-25H2,1-7H3,(H,44,45)(H,46,47)/t29?,31-,32?,33?,34?,35?,39+,40-,41-,42+/m1/s1. The molecule has 5 fully saturated rings. The monoisotopic (exact) mass is 706 g/mol. The number of amides is 1. The highest BCUT2D eigenvalue weighted by atomic mass is 32.2. The lowest BCUT2D eigenvalue weighted by atomic mass is 9.33. The number of allylic oxidation sites excluding steroid dienone is 2. The summed E-state index contributed by atoms with van der Waals surface area (Å²) in [6.07, 6.45) is 14.6. The molecule has 276 valence electrons. The lowest BCUT2D eigenvalue weighted by molar-refractivity contribution is -0.217. The average Bonchev–Trinajstić information content (AvgIpc) is 3.61. The molecular weight excluding hydrogens is 645 g/mol. The second-order valence-corrected chi connectivity index (χ2v) is 21.5. The van der Waals surface area contributed by atoms with Gasteiger partial charge >= 0.3 is 5.97 Å². The zero-order valence-electron chi connectivity index (χ0n) is 31.6. The van der Waals surface area contributed by atoms with E-state index < -0.39 is 15.8 Å². The van der Waals surface area contributed by atoms with Gasteiger partial charge in [-0.3, -0.25) is 4.79 Å². The van der Waals surface area contributed by atoms with E-state index in [-0.39, 0.29) is 62.6 Å². The van der Waals surface area contributed by atoms with E-state index in [9.17, 15) is 23.1 Å². The molecule has 4 saturated carbocycles. The Morgan fingerprint density at radius 1 is 0.840 bits per heavy atom. The van der Waals surface area contributed by atoms with Crippen LogP contribution >= 0.6 is 0 Å². The summed E-state index contributed by atoms with van der Waals surface area (Å²) in [5.41, 5.74) is 3.30. The molecule has 1 aromatic carbocycles. The van der Waals surface area contributed by atoms with Crippen molar-refractivity contribution >= 4 is 27.3 Å². The Morgan fingerprint density at radius 2 is 1.56 bits per heavy atom. The van der Waals surface area contributed by atoms with Gasteiger partial charge in [0, 0.05) is 11.6 Å². The molecule has 5 aliphatic carbocycles. The van der Waals surface area contributed by atoms with Crippen molar-refractivity contribution in [2.75, 3.05) is 11.5 Å². The van der Waals surface area contributed by atoms with Crippen LogP contribution in [0.25, 0.3) is 5.57 Å². The zero-order chi connectivity index (χ0) is 36.1. The van der Waals surface area contributed by atoms with Crippen molar-refractivity contribution in [3.63, 3.8) is 0 Å². The van der Waals surface area contributed by atoms with Crippen LogP contribution in [-0.2, 0) is 14.6 Å². The summed E-state index contributed by atoms with van der Waals surface area (Å²) in [7, 11) is -3.02. The highest BCUT2D eigenvalue weighted by molar-refractivity contribution is 7.91. The first-order valence-corrected chi connectivity index (χ1v) is 21.5. The summed E-state index contributed by atoms with van der Waals surface area (Å²) < 4.78 is 24.4. The molecule has 5 unspecified atom stereocenters. The largest absolute Gasteiger partial charge is 0.478 e. The second-order valence-electron chi connectivity index (χ2n) is 19.2. The quantitative estimate of drug-likeness (QED) is 0.266. The maximum Gasteiger partial charge on any atom is 0.335 e. The number of sulfone groups is 1. The van der Waals surface area contributed by atoms with E-state index in [1.807, 2.05) is 12.1 Å². The van der Waals surface area contributed by atoms with E-state index in [1.54, 1.807) is 12.1 Å². The van der Waals surface area contributed by atoms with Crippen LogP contribution in [-0.4, -0.2) is 54.5 Å². The summed E-state index contributed by atoms with van der Waals surface area (Å²) in [5.74, 6) is 1.85. The highest BCUT2D eigenvalue weighted by Gasteiger charge is 2.69. The SMILES string of the molecule is CC(C)C(NC1CCS(=O)(=O)C1)C(=O)N[C@]12CCCC1[C@H]1CCC3[C@@]4(C)CC=C(c5ccc(C(=O)O)cc5)C(C)(C)C4CC[C@@]3(C)[C@]1(C)CC2. The Hall–Kier alpha value is -2.19.